The highest BCUT2D eigenvalue weighted by Gasteiger charge is 2.24. The number of esters is 1. The Hall–Kier alpha value is -1.40. The molecule has 0 saturated heterocycles. The lowest BCUT2D eigenvalue weighted by atomic mass is 10.0. The van der Waals surface area contributed by atoms with Crippen LogP contribution in [0.2, 0.25) is 0 Å². The van der Waals surface area contributed by atoms with Crippen LogP contribution in [0, 0.1) is 0 Å². The Morgan fingerprint density at radius 1 is 0.475 bits per heavy atom. The number of carbonyl (C=O) groups excluding carboxylic acids is 2. The van der Waals surface area contributed by atoms with Gasteiger partial charge in [-0.3, -0.25) is 9.59 Å². The van der Waals surface area contributed by atoms with E-state index in [2.05, 4.69) is 38.2 Å². The SMILES string of the molecule is CCCCC/C=C\CCCCCC(CC(=O)NC(CO)C(O)CCCCCCCCCCCCCCCCCCC)OC(=O)CCCCCCCCCCCCCCC. The third-order valence-electron chi connectivity index (χ3n) is 12.3. The van der Waals surface area contributed by atoms with E-state index in [0.29, 0.717) is 19.3 Å². The summed E-state index contributed by atoms with van der Waals surface area (Å²) in [4.78, 5) is 26.1. The minimum absolute atomic E-state index is 0.0734. The van der Waals surface area contributed by atoms with Gasteiger partial charge in [-0.05, 0) is 51.4 Å². The fourth-order valence-electron chi connectivity index (χ4n) is 8.31. The molecular formula is C53H103NO5. The Morgan fingerprint density at radius 3 is 1.24 bits per heavy atom. The minimum atomic E-state index is -0.785. The second kappa shape index (κ2) is 47.6. The van der Waals surface area contributed by atoms with Crippen LogP contribution in [0.5, 0.6) is 0 Å². The van der Waals surface area contributed by atoms with Gasteiger partial charge in [-0.25, -0.2) is 0 Å². The lowest BCUT2D eigenvalue weighted by Crippen LogP contribution is -2.46. The largest absolute Gasteiger partial charge is 0.462 e. The molecule has 0 aromatic rings. The fraction of sp³-hybridized carbons (Fsp3) is 0.925. The van der Waals surface area contributed by atoms with Crippen molar-refractivity contribution in [1.29, 1.82) is 0 Å². The van der Waals surface area contributed by atoms with Crippen molar-refractivity contribution in [2.45, 2.75) is 309 Å². The van der Waals surface area contributed by atoms with Gasteiger partial charge in [0.05, 0.1) is 25.2 Å². The number of allylic oxidation sites excluding steroid dienone is 2. The van der Waals surface area contributed by atoms with Gasteiger partial charge in [0.25, 0.3) is 0 Å². The normalized spacial score (nSPS) is 13.2. The molecule has 350 valence electrons. The first-order chi connectivity index (χ1) is 29.0. The monoisotopic (exact) mass is 834 g/mol. The average Bonchev–Trinajstić information content (AvgIpc) is 3.23. The molecule has 0 spiro atoms. The van der Waals surface area contributed by atoms with Crippen LogP contribution in [0.15, 0.2) is 12.2 Å². The molecule has 59 heavy (non-hydrogen) atoms. The van der Waals surface area contributed by atoms with E-state index >= 15 is 0 Å². The van der Waals surface area contributed by atoms with E-state index in [1.807, 2.05) is 0 Å². The van der Waals surface area contributed by atoms with Gasteiger partial charge in [0.15, 0.2) is 0 Å². The topological polar surface area (TPSA) is 95.9 Å². The molecule has 0 aliphatic carbocycles. The zero-order chi connectivity index (χ0) is 43.1. The van der Waals surface area contributed by atoms with Crippen molar-refractivity contribution >= 4 is 11.9 Å². The van der Waals surface area contributed by atoms with Gasteiger partial charge in [-0.2, -0.15) is 0 Å². The molecule has 6 heteroatoms. The number of unbranched alkanes of at least 4 members (excludes halogenated alkanes) is 34. The van der Waals surface area contributed by atoms with Crippen LogP contribution in [-0.2, 0) is 14.3 Å². The summed E-state index contributed by atoms with van der Waals surface area (Å²) in [7, 11) is 0. The summed E-state index contributed by atoms with van der Waals surface area (Å²) in [6, 6.07) is -0.699. The molecule has 6 nitrogen and oxygen atoms in total. The van der Waals surface area contributed by atoms with Crippen molar-refractivity contribution in [3.05, 3.63) is 12.2 Å². The van der Waals surface area contributed by atoms with Crippen LogP contribution in [-0.4, -0.2) is 46.9 Å². The van der Waals surface area contributed by atoms with Crippen molar-refractivity contribution in [3.63, 3.8) is 0 Å². The molecule has 3 N–H and O–H groups in total. The van der Waals surface area contributed by atoms with Crippen LogP contribution >= 0.6 is 0 Å². The highest BCUT2D eigenvalue weighted by atomic mass is 16.5. The predicted octanol–water partition coefficient (Wildman–Crippen LogP) is 15.7. The van der Waals surface area contributed by atoms with Crippen molar-refractivity contribution in [2.75, 3.05) is 6.61 Å². The molecule has 3 atom stereocenters. The number of nitrogens with one attached hydrogen (secondary N) is 1. The summed E-state index contributed by atoms with van der Waals surface area (Å²) < 4.78 is 5.91. The van der Waals surface area contributed by atoms with E-state index in [1.54, 1.807) is 0 Å². The van der Waals surface area contributed by atoms with E-state index in [-0.39, 0.29) is 24.9 Å². The highest BCUT2D eigenvalue weighted by molar-refractivity contribution is 5.77. The Morgan fingerprint density at radius 2 is 0.814 bits per heavy atom. The number of amides is 1. The second-order valence-corrected chi connectivity index (χ2v) is 18.3. The van der Waals surface area contributed by atoms with Crippen molar-refractivity contribution < 1.29 is 24.5 Å². The van der Waals surface area contributed by atoms with Gasteiger partial charge in [0, 0.05) is 6.42 Å². The molecule has 0 aliphatic heterocycles. The van der Waals surface area contributed by atoms with Gasteiger partial charge in [0.1, 0.15) is 6.10 Å². The van der Waals surface area contributed by atoms with Gasteiger partial charge in [-0.1, -0.05) is 238 Å². The Labute approximate surface area is 368 Å². The molecule has 0 aliphatic rings. The summed E-state index contributed by atoms with van der Waals surface area (Å²) >= 11 is 0. The summed E-state index contributed by atoms with van der Waals surface area (Å²) in [6.07, 6.45) is 52.8. The molecular weight excluding hydrogens is 731 g/mol. The Bertz CT molecular complexity index is 893. The van der Waals surface area contributed by atoms with Crippen molar-refractivity contribution in [1.82, 2.24) is 5.32 Å². The quantitative estimate of drug-likeness (QED) is 0.0322. The molecule has 3 unspecified atom stereocenters. The minimum Gasteiger partial charge on any atom is -0.462 e. The van der Waals surface area contributed by atoms with Crippen LogP contribution in [0.4, 0.5) is 0 Å². The molecule has 0 rings (SSSR count). The Kier molecular flexibility index (Phi) is 46.5. The van der Waals surface area contributed by atoms with Gasteiger partial charge < -0.3 is 20.3 Å². The third-order valence-corrected chi connectivity index (χ3v) is 12.3. The van der Waals surface area contributed by atoms with Crippen LogP contribution < -0.4 is 5.32 Å². The second-order valence-electron chi connectivity index (χ2n) is 18.3. The maximum absolute atomic E-state index is 13.2. The van der Waals surface area contributed by atoms with Crippen molar-refractivity contribution in [3.8, 4) is 0 Å². The number of ether oxygens (including phenoxy) is 1. The lowest BCUT2D eigenvalue weighted by Gasteiger charge is -2.24. The molecule has 0 aromatic carbocycles. The van der Waals surface area contributed by atoms with Crippen LogP contribution in [0.25, 0.3) is 0 Å². The smallest absolute Gasteiger partial charge is 0.306 e. The van der Waals surface area contributed by atoms with Gasteiger partial charge in [0.2, 0.25) is 5.91 Å². The molecule has 0 fully saturated rings. The summed E-state index contributed by atoms with van der Waals surface area (Å²) in [5, 5.41) is 23.8. The maximum Gasteiger partial charge on any atom is 0.306 e. The summed E-state index contributed by atoms with van der Waals surface area (Å²) in [5.41, 5.74) is 0. The lowest BCUT2D eigenvalue weighted by molar-refractivity contribution is -0.151. The molecule has 1 amide bonds. The Balaban J connectivity index is 4.42. The van der Waals surface area contributed by atoms with Crippen LogP contribution in [0.3, 0.4) is 0 Å². The highest BCUT2D eigenvalue weighted by Crippen LogP contribution is 2.18. The maximum atomic E-state index is 13.2. The molecule has 0 saturated carbocycles. The predicted molar refractivity (Wildman–Crippen MR) is 255 cm³/mol. The number of hydrogen-bond acceptors (Lipinski definition) is 5. The van der Waals surface area contributed by atoms with Crippen LogP contribution in [0.1, 0.15) is 290 Å². The zero-order valence-electron chi connectivity index (χ0n) is 39.9. The van der Waals surface area contributed by atoms with E-state index in [1.165, 1.54) is 180 Å². The summed E-state index contributed by atoms with van der Waals surface area (Å²) in [5.74, 6) is -0.474. The molecule has 0 heterocycles. The number of aliphatic hydroxyl groups is 2. The zero-order valence-corrected chi connectivity index (χ0v) is 39.9. The summed E-state index contributed by atoms with van der Waals surface area (Å²) in [6.45, 7) is 6.48. The number of carbonyl (C=O) groups is 2. The molecule has 0 bridgehead atoms. The number of hydrogen-bond donors (Lipinski definition) is 3. The van der Waals surface area contributed by atoms with E-state index in [0.717, 1.165) is 64.2 Å². The number of rotatable bonds is 48. The van der Waals surface area contributed by atoms with E-state index in [4.69, 9.17) is 4.74 Å². The van der Waals surface area contributed by atoms with Gasteiger partial charge in [-0.15, -0.1) is 0 Å². The number of aliphatic hydroxyl groups excluding tert-OH is 2. The third kappa shape index (κ3) is 43.1. The molecule has 0 aromatic heterocycles. The van der Waals surface area contributed by atoms with E-state index < -0.39 is 18.2 Å². The first kappa shape index (κ1) is 57.6. The van der Waals surface area contributed by atoms with Gasteiger partial charge >= 0.3 is 5.97 Å². The fourth-order valence-corrected chi connectivity index (χ4v) is 8.31. The molecule has 0 radical (unpaired) electrons. The average molecular weight is 834 g/mol. The first-order valence-corrected chi connectivity index (χ1v) is 26.4. The standard InChI is InChI=1S/C53H103NO5/c1-4-7-10-13-16-19-22-24-25-26-27-29-30-33-36-39-42-45-51(56)50(48-55)54-52(57)47-49(44-41-38-35-32-21-18-15-12-9-6-3)59-53(58)46-43-40-37-34-31-28-23-20-17-14-11-8-5-2/h18,21,49-51,55-56H,4-17,19-20,22-48H2,1-3H3,(H,54,57)/b21-18-. The van der Waals surface area contributed by atoms with Crippen molar-refractivity contribution in [2.24, 2.45) is 0 Å². The van der Waals surface area contributed by atoms with E-state index in [9.17, 15) is 19.8 Å². The first-order valence-electron chi connectivity index (χ1n) is 26.4.